The van der Waals surface area contributed by atoms with E-state index in [-0.39, 0.29) is 28.1 Å². The fraction of sp³-hybridized carbons (Fsp3) is 0.529. The van der Waals surface area contributed by atoms with Gasteiger partial charge < -0.3 is 5.32 Å². The molecule has 1 fully saturated rings. The molecule has 2 heterocycles. The summed E-state index contributed by atoms with van der Waals surface area (Å²) in [4.78, 5) is 24.8. The number of aromatic nitrogens is 2. The Bertz CT molecular complexity index is 765. The van der Waals surface area contributed by atoms with Crippen LogP contribution in [0, 0.1) is 5.92 Å². The van der Waals surface area contributed by atoms with Gasteiger partial charge in [0, 0.05) is 11.8 Å². The second-order valence-corrected chi connectivity index (χ2v) is 7.02. The smallest absolute Gasteiger partial charge is 0.278 e. The van der Waals surface area contributed by atoms with E-state index in [2.05, 4.69) is 26.0 Å². The van der Waals surface area contributed by atoms with Crippen molar-refractivity contribution in [1.29, 1.82) is 0 Å². The fourth-order valence-electron chi connectivity index (χ4n) is 3.25. The van der Waals surface area contributed by atoms with Crippen LogP contribution in [0.1, 0.15) is 67.4 Å². The van der Waals surface area contributed by atoms with Gasteiger partial charge in [0.2, 0.25) is 0 Å². The molecule has 1 amide bonds. The van der Waals surface area contributed by atoms with Crippen molar-refractivity contribution in [3.8, 4) is 0 Å². The number of hydrazone groups is 1. The summed E-state index contributed by atoms with van der Waals surface area (Å²) < 4.78 is 0. The minimum atomic E-state index is -0.471. The molecule has 1 aromatic heterocycles. The van der Waals surface area contributed by atoms with Crippen LogP contribution in [0.4, 0.5) is 0 Å². The third kappa shape index (κ3) is 4.10. The molecule has 2 aliphatic rings. The second-order valence-electron chi connectivity index (χ2n) is 6.64. The number of nitrogens with one attached hydrogen (secondary N) is 3. The van der Waals surface area contributed by atoms with Gasteiger partial charge in [0.15, 0.2) is 5.69 Å². The summed E-state index contributed by atoms with van der Waals surface area (Å²) in [6, 6.07) is 0. The number of carbonyl (C=O) groups is 1. The standard InChI is InChI=1S/C17H22ClN5O2/c1-10-7-8-12(21-19-9-10)20-17(25)15-14(18)13(16(24)23-22-15)11-5-3-2-4-6-11/h8-11,21H,2-7H2,1H3,(H,20,25)(H,23,24). The largest absolute Gasteiger partial charge is 0.306 e. The molecule has 3 N–H and O–H groups in total. The van der Waals surface area contributed by atoms with E-state index >= 15 is 0 Å². The first-order valence-electron chi connectivity index (χ1n) is 8.65. The summed E-state index contributed by atoms with van der Waals surface area (Å²) in [6.45, 7) is 2.03. The quantitative estimate of drug-likeness (QED) is 0.768. The van der Waals surface area contributed by atoms with Crippen molar-refractivity contribution >= 4 is 23.7 Å². The van der Waals surface area contributed by atoms with Crippen LogP contribution in [0.25, 0.3) is 0 Å². The minimum absolute atomic E-state index is 0.0332. The molecule has 134 valence electrons. The van der Waals surface area contributed by atoms with E-state index < -0.39 is 5.91 Å². The SMILES string of the molecule is CC1C=NNC(NC(=O)c2n[nH]c(=O)c(C3CCCCC3)c2Cl)=CC1. The lowest BCUT2D eigenvalue weighted by atomic mass is 9.84. The number of H-pyrrole nitrogens is 1. The first kappa shape index (κ1) is 17.7. The van der Waals surface area contributed by atoms with Crippen LogP contribution >= 0.6 is 11.6 Å². The number of hydrogen-bond donors (Lipinski definition) is 3. The van der Waals surface area contributed by atoms with Gasteiger partial charge in [0.1, 0.15) is 5.82 Å². The Morgan fingerprint density at radius 1 is 1.32 bits per heavy atom. The van der Waals surface area contributed by atoms with Gasteiger partial charge in [-0.2, -0.15) is 10.2 Å². The first-order chi connectivity index (χ1) is 12.1. The lowest BCUT2D eigenvalue weighted by Gasteiger charge is -2.22. The fourth-order valence-corrected chi connectivity index (χ4v) is 3.62. The highest BCUT2D eigenvalue weighted by atomic mass is 35.5. The van der Waals surface area contributed by atoms with E-state index in [0.717, 1.165) is 32.1 Å². The van der Waals surface area contributed by atoms with E-state index in [1.54, 1.807) is 6.21 Å². The number of rotatable bonds is 3. The van der Waals surface area contributed by atoms with Gasteiger partial charge in [-0.1, -0.05) is 37.8 Å². The lowest BCUT2D eigenvalue weighted by Crippen LogP contribution is -2.32. The zero-order valence-corrected chi connectivity index (χ0v) is 14.9. The van der Waals surface area contributed by atoms with Crippen LogP contribution in [0.5, 0.6) is 0 Å². The van der Waals surface area contributed by atoms with Gasteiger partial charge in [-0.15, -0.1) is 0 Å². The first-order valence-corrected chi connectivity index (χ1v) is 9.03. The van der Waals surface area contributed by atoms with Crippen LogP contribution in [-0.2, 0) is 0 Å². The van der Waals surface area contributed by atoms with Gasteiger partial charge in [-0.25, -0.2) is 5.10 Å². The highest BCUT2D eigenvalue weighted by molar-refractivity contribution is 6.34. The van der Waals surface area contributed by atoms with Crippen molar-refractivity contribution in [2.24, 2.45) is 11.0 Å². The summed E-state index contributed by atoms with van der Waals surface area (Å²) >= 11 is 6.40. The summed E-state index contributed by atoms with van der Waals surface area (Å²) in [5, 5.41) is 13.2. The second kappa shape index (κ2) is 7.82. The molecule has 25 heavy (non-hydrogen) atoms. The van der Waals surface area contributed by atoms with Gasteiger partial charge in [0.05, 0.1) is 5.02 Å². The zero-order valence-electron chi connectivity index (χ0n) is 14.1. The Kier molecular flexibility index (Phi) is 5.53. The molecule has 1 unspecified atom stereocenters. The molecule has 8 heteroatoms. The predicted molar refractivity (Wildman–Crippen MR) is 96.7 cm³/mol. The van der Waals surface area contributed by atoms with Gasteiger partial charge in [-0.05, 0) is 37.2 Å². The molecule has 1 aliphatic carbocycles. The van der Waals surface area contributed by atoms with Gasteiger partial charge >= 0.3 is 0 Å². The molecule has 1 aromatic rings. The minimum Gasteiger partial charge on any atom is -0.306 e. The molecule has 1 aliphatic heterocycles. The average molecular weight is 364 g/mol. The van der Waals surface area contributed by atoms with E-state index in [4.69, 9.17) is 11.6 Å². The summed E-state index contributed by atoms with van der Waals surface area (Å²) in [6.07, 6.45) is 9.52. The summed E-state index contributed by atoms with van der Waals surface area (Å²) in [7, 11) is 0. The maximum Gasteiger partial charge on any atom is 0.278 e. The number of halogens is 1. The van der Waals surface area contributed by atoms with Crippen LogP contribution in [-0.4, -0.2) is 22.3 Å². The molecular weight excluding hydrogens is 342 g/mol. The Balaban J connectivity index is 1.83. The Morgan fingerprint density at radius 3 is 2.84 bits per heavy atom. The van der Waals surface area contributed by atoms with Crippen LogP contribution < -0.4 is 16.3 Å². The predicted octanol–water partition coefficient (Wildman–Crippen LogP) is 2.66. The molecular formula is C17H22ClN5O2. The number of amides is 1. The van der Waals surface area contributed by atoms with Gasteiger partial charge in [-0.3, -0.25) is 15.0 Å². The maximum atomic E-state index is 12.6. The maximum absolute atomic E-state index is 12.6. The number of aromatic amines is 1. The third-order valence-corrected chi connectivity index (χ3v) is 5.03. The highest BCUT2D eigenvalue weighted by Crippen LogP contribution is 2.34. The van der Waals surface area contributed by atoms with E-state index in [1.807, 2.05) is 13.0 Å². The summed E-state index contributed by atoms with van der Waals surface area (Å²) in [5.74, 6) is 0.380. The van der Waals surface area contributed by atoms with Crippen molar-refractivity contribution < 1.29 is 4.79 Å². The molecule has 0 spiro atoms. The van der Waals surface area contributed by atoms with Crippen molar-refractivity contribution in [3.05, 3.63) is 38.5 Å². The van der Waals surface area contributed by atoms with E-state index in [0.29, 0.717) is 11.4 Å². The third-order valence-electron chi connectivity index (χ3n) is 4.64. The van der Waals surface area contributed by atoms with Crippen molar-refractivity contribution in [1.82, 2.24) is 20.9 Å². The number of nitrogens with zero attached hydrogens (tertiary/aromatic N) is 2. The topological polar surface area (TPSA) is 99.2 Å². The lowest BCUT2D eigenvalue weighted by molar-refractivity contribution is 0.0957. The molecule has 0 saturated heterocycles. The number of hydrogen-bond acceptors (Lipinski definition) is 5. The Morgan fingerprint density at radius 2 is 2.08 bits per heavy atom. The molecule has 1 saturated carbocycles. The average Bonchev–Trinajstić information content (AvgIpc) is 2.80. The van der Waals surface area contributed by atoms with E-state index in [9.17, 15) is 9.59 Å². The molecule has 0 radical (unpaired) electrons. The number of carbonyl (C=O) groups excluding carboxylic acids is 1. The van der Waals surface area contributed by atoms with Crippen LogP contribution in [0.15, 0.2) is 21.8 Å². The highest BCUT2D eigenvalue weighted by Gasteiger charge is 2.26. The molecule has 1 atom stereocenters. The summed E-state index contributed by atoms with van der Waals surface area (Å²) in [5.41, 5.74) is 2.99. The number of allylic oxidation sites excluding steroid dienone is 1. The van der Waals surface area contributed by atoms with Crippen molar-refractivity contribution in [2.75, 3.05) is 0 Å². The molecule has 7 nitrogen and oxygen atoms in total. The molecule has 0 aromatic carbocycles. The normalized spacial score (nSPS) is 21.2. The van der Waals surface area contributed by atoms with E-state index in [1.165, 1.54) is 6.42 Å². The van der Waals surface area contributed by atoms with Crippen molar-refractivity contribution in [3.63, 3.8) is 0 Å². The Labute approximate surface area is 150 Å². The molecule has 3 rings (SSSR count). The van der Waals surface area contributed by atoms with Crippen LogP contribution in [0.2, 0.25) is 5.02 Å². The van der Waals surface area contributed by atoms with Crippen molar-refractivity contribution in [2.45, 2.75) is 51.4 Å². The monoisotopic (exact) mass is 363 g/mol. The van der Waals surface area contributed by atoms with Gasteiger partial charge in [0.25, 0.3) is 11.5 Å². The Hall–Kier alpha value is -2.15. The van der Waals surface area contributed by atoms with Crippen LogP contribution in [0.3, 0.4) is 0 Å². The molecule has 0 bridgehead atoms. The zero-order chi connectivity index (χ0) is 17.8.